The van der Waals surface area contributed by atoms with E-state index in [4.69, 9.17) is 4.74 Å². The molecule has 0 rings (SSSR count). The van der Waals surface area contributed by atoms with Crippen molar-refractivity contribution in [2.24, 2.45) is 0 Å². The first-order valence-corrected chi connectivity index (χ1v) is 4.95. The van der Waals surface area contributed by atoms with Gasteiger partial charge in [0.25, 0.3) is 0 Å². The van der Waals surface area contributed by atoms with Crippen LogP contribution in [0.5, 0.6) is 0 Å². The molecule has 0 radical (unpaired) electrons. The van der Waals surface area contributed by atoms with Gasteiger partial charge in [-0.25, -0.2) is 0 Å². The second kappa shape index (κ2) is 9.46. The smallest absolute Gasteiger partial charge is 0.129 e. The van der Waals surface area contributed by atoms with Crippen molar-refractivity contribution in [3.8, 4) is 0 Å². The molecule has 0 amide bonds. The van der Waals surface area contributed by atoms with Crippen molar-refractivity contribution in [2.75, 3.05) is 13.2 Å². The van der Waals surface area contributed by atoms with Gasteiger partial charge in [0.15, 0.2) is 0 Å². The van der Waals surface area contributed by atoms with Crippen LogP contribution in [-0.4, -0.2) is 19.0 Å². The average molecular weight is 184 g/mol. The zero-order valence-electron chi connectivity index (χ0n) is 8.55. The van der Waals surface area contributed by atoms with E-state index >= 15 is 0 Å². The molecule has 2 heteroatoms. The molecule has 0 spiro atoms. The van der Waals surface area contributed by atoms with Gasteiger partial charge in [0.2, 0.25) is 0 Å². The predicted octanol–water partition coefficient (Wildman–Crippen LogP) is 2.73. The Hall–Kier alpha value is -0.630. The van der Waals surface area contributed by atoms with E-state index in [2.05, 4.69) is 6.58 Å². The Morgan fingerprint density at radius 1 is 1.31 bits per heavy atom. The minimum Gasteiger partial charge on any atom is -0.381 e. The first-order valence-electron chi connectivity index (χ1n) is 4.95. The summed E-state index contributed by atoms with van der Waals surface area (Å²) in [5, 5.41) is 0. The third-order valence-corrected chi connectivity index (χ3v) is 1.76. The lowest BCUT2D eigenvalue weighted by Gasteiger charge is -2.01. The highest BCUT2D eigenvalue weighted by molar-refractivity contribution is 5.75. The highest BCUT2D eigenvalue weighted by Crippen LogP contribution is 1.97. The van der Waals surface area contributed by atoms with Crippen molar-refractivity contribution < 1.29 is 9.53 Å². The number of carbonyl (C=O) groups excluding carboxylic acids is 1. The minimum atomic E-state index is 0.270. The monoisotopic (exact) mass is 184 g/mol. The van der Waals surface area contributed by atoms with Gasteiger partial charge in [-0.1, -0.05) is 6.08 Å². The van der Waals surface area contributed by atoms with Crippen LogP contribution in [0.1, 0.15) is 39.0 Å². The molecule has 0 aliphatic heterocycles. The molecular weight excluding hydrogens is 164 g/mol. The van der Waals surface area contributed by atoms with Crippen LogP contribution in [0.25, 0.3) is 0 Å². The third-order valence-electron chi connectivity index (χ3n) is 1.76. The van der Waals surface area contributed by atoms with Crippen LogP contribution in [0.2, 0.25) is 0 Å². The molecule has 0 N–H and O–H groups in total. The van der Waals surface area contributed by atoms with Gasteiger partial charge in [0, 0.05) is 19.6 Å². The van der Waals surface area contributed by atoms with Crippen molar-refractivity contribution in [1.29, 1.82) is 0 Å². The molecular formula is C11H20O2. The summed E-state index contributed by atoms with van der Waals surface area (Å²) in [5.41, 5.74) is 0. The van der Waals surface area contributed by atoms with Crippen molar-refractivity contribution in [2.45, 2.75) is 39.0 Å². The van der Waals surface area contributed by atoms with Crippen molar-refractivity contribution in [3.63, 3.8) is 0 Å². The van der Waals surface area contributed by atoms with Crippen LogP contribution in [0.15, 0.2) is 12.7 Å². The van der Waals surface area contributed by atoms with Crippen molar-refractivity contribution >= 4 is 5.78 Å². The number of hydrogen-bond acceptors (Lipinski definition) is 2. The fourth-order valence-electron chi connectivity index (χ4n) is 1.01. The van der Waals surface area contributed by atoms with Gasteiger partial charge in [-0.05, 0) is 32.6 Å². The van der Waals surface area contributed by atoms with E-state index in [-0.39, 0.29) is 5.78 Å². The summed E-state index contributed by atoms with van der Waals surface area (Å²) in [7, 11) is 0. The Morgan fingerprint density at radius 3 is 2.62 bits per heavy atom. The van der Waals surface area contributed by atoms with Gasteiger partial charge in [-0.15, -0.1) is 6.58 Å². The molecule has 0 saturated carbocycles. The fraction of sp³-hybridized carbons (Fsp3) is 0.727. The fourth-order valence-corrected chi connectivity index (χ4v) is 1.01. The summed E-state index contributed by atoms with van der Waals surface area (Å²) < 4.78 is 5.36. The number of carbonyl (C=O) groups is 1. The molecule has 0 fully saturated rings. The number of ether oxygens (including phenoxy) is 1. The van der Waals surface area contributed by atoms with E-state index in [0.29, 0.717) is 6.42 Å². The molecule has 13 heavy (non-hydrogen) atoms. The maximum absolute atomic E-state index is 10.6. The molecule has 0 aromatic heterocycles. The minimum absolute atomic E-state index is 0.270. The Bertz CT molecular complexity index is 141. The summed E-state index contributed by atoms with van der Waals surface area (Å²) in [6.45, 7) is 6.86. The Balaban J connectivity index is 2.91. The molecule has 0 aromatic carbocycles. The van der Waals surface area contributed by atoms with Gasteiger partial charge in [0.05, 0.1) is 0 Å². The normalized spacial score (nSPS) is 9.92. The summed E-state index contributed by atoms with van der Waals surface area (Å²) >= 11 is 0. The van der Waals surface area contributed by atoms with E-state index < -0.39 is 0 Å². The topological polar surface area (TPSA) is 26.3 Å². The Kier molecular flexibility index (Phi) is 9.00. The molecule has 2 nitrogen and oxygen atoms in total. The summed E-state index contributed by atoms with van der Waals surface area (Å²) in [4.78, 5) is 10.6. The predicted molar refractivity (Wildman–Crippen MR) is 54.8 cm³/mol. The lowest BCUT2D eigenvalue weighted by atomic mass is 10.2. The summed E-state index contributed by atoms with van der Waals surface area (Å²) in [6.07, 6.45) is 6.61. The van der Waals surface area contributed by atoms with Gasteiger partial charge in [-0.3, -0.25) is 0 Å². The van der Waals surface area contributed by atoms with E-state index in [1.807, 2.05) is 6.08 Å². The number of ketones is 1. The number of hydrogen-bond donors (Lipinski definition) is 0. The quantitative estimate of drug-likeness (QED) is 0.407. The van der Waals surface area contributed by atoms with E-state index in [1.165, 1.54) is 0 Å². The van der Waals surface area contributed by atoms with Crippen LogP contribution in [0.4, 0.5) is 0 Å². The van der Waals surface area contributed by atoms with Gasteiger partial charge >= 0.3 is 0 Å². The number of rotatable bonds is 9. The van der Waals surface area contributed by atoms with Gasteiger partial charge in [0.1, 0.15) is 5.78 Å². The largest absolute Gasteiger partial charge is 0.381 e. The molecule has 76 valence electrons. The first kappa shape index (κ1) is 12.4. The highest BCUT2D eigenvalue weighted by Gasteiger charge is 1.93. The standard InChI is InChI=1S/C11H20O2/c1-3-4-6-9-13-10-7-5-8-11(2)12/h3H,1,4-10H2,2H3. The molecule has 0 atom stereocenters. The van der Waals surface area contributed by atoms with E-state index in [0.717, 1.165) is 38.9 Å². The number of unbranched alkanes of at least 4 members (excludes halogenated alkanes) is 2. The number of Topliss-reactive ketones (excluding diaryl/α,β-unsaturated/α-hetero) is 1. The molecule has 0 aliphatic carbocycles. The van der Waals surface area contributed by atoms with Crippen LogP contribution >= 0.6 is 0 Å². The van der Waals surface area contributed by atoms with E-state index in [9.17, 15) is 4.79 Å². The van der Waals surface area contributed by atoms with Crippen molar-refractivity contribution in [1.82, 2.24) is 0 Å². The van der Waals surface area contributed by atoms with Gasteiger partial charge < -0.3 is 9.53 Å². The lowest BCUT2D eigenvalue weighted by Crippen LogP contribution is -1.98. The molecule has 0 aromatic rings. The zero-order chi connectivity index (χ0) is 9.94. The SMILES string of the molecule is C=CCCCOCCCCC(C)=O. The molecule has 0 bridgehead atoms. The van der Waals surface area contributed by atoms with E-state index in [1.54, 1.807) is 6.92 Å². The second-order valence-electron chi connectivity index (χ2n) is 3.20. The first-order chi connectivity index (χ1) is 6.27. The average Bonchev–Trinajstić information content (AvgIpc) is 2.09. The molecule has 0 unspecified atom stereocenters. The second-order valence-corrected chi connectivity index (χ2v) is 3.20. The highest BCUT2D eigenvalue weighted by atomic mass is 16.5. The molecule has 0 saturated heterocycles. The van der Waals surface area contributed by atoms with Crippen LogP contribution in [0, 0.1) is 0 Å². The lowest BCUT2D eigenvalue weighted by molar-refractivity contribution is -0.117. The molecule has 0 heterocycles. The third kappa shape index (κ3) is 11.4. The Labute approximate surface area is 81.0 Å². The summed E-state index contributed by atoms with van der Waals surface area (Å²) in [6, 6.07) is 0. The zero-order valence-corrected chi connectivity index (χ0v) is 8.55. The maximum Gasteiger partial charge on any atom is 0.129 e. The number of allylic oxidation sites excluding steroid dienone is 1. The van der Waals surface area contributed by atoms with Crippen LogP contribution in [0.3, 0.4) is 0 Å². The van der Waals surface area contributed by atoms with Crippen LogP contribution < -0.4 is 0 Å². The Morgan fingerprint density at radius 2 is 2.00 bits per heavy atom. The summed E-state index contributed by atoms with van der Waals surface area (Å²) in [5.74, 6) is 0.270. The maximum atomic E-state index is 10.6. The molecule has 0 aliphatic rings. The van der Waals surface area contributed by atoms with Crippen LogP contribution in [-0.2, 0) is 9.53 Å². The van der Waals surface area contributed by atoms with Crippen molar-refractivity contribution in [3.05, 3.63) is 12.7 Å². The van der Waals surface area contributed by atoms with Gasteiger partial charge in [-0.2, -0.15) is 0 Å².